The number of nitrogens with zero attached hydrogens (tertiary/aromatic N) is 1. The summed E-state index contributed by atoms with van der Waals surface area (Å²) in [6.07, 6.45) is 4.59. The molecule has 0 saturated carbocycles. The minimum atomic E-state index is 0.0404. The van der Waals surface area contributed by atoms with Gasteiger partial charge in [-0.05, 0) is 53.6 Å². The molecule has 1 heterocycles. The topological polar surface area (TPSA) is 40.5 Å². The van der Waals surface area contributed by atoms with Gasteiger partial charge in [0.05, 0.1) is 3.57 Å². The van der Waals surface area contributed by atoms with Crippen molar-refractivity contribution >= 4 is 28.5 Å². The van der Waals surface area contributed by atoms with Crippen molar-refractivity contribution in [2.24, 2.45) is 0 Å². The molecule has 1 saturated heterocycles. The van der Waals surface area contributed by atoms with Crippen LogP contribution in [0.2, 0.25) is 0 Å². The molecule has 1 N–H and O–H groups in total. The predicted octanol–water partition coefficient (Wildman–Crippen LogP) is 3.01. The molecule has 0 unspecified atom stereocenters. The van der Waals surface area contributed by atoms with Gasteiger partial charge >= 0.3 is 0 Å². The van der Waals surface area contributed by atoms with Gasteiger partial charge in [0.2, 0.25) is 0 Å². The number of amides is 1. The summed E-state index contributed by atoms with van der Waals surface area (Å²) in [4.78, 5) is 14.1. The first kappa shape index (κ1) is 12.7. The van der Waals surface area contributed by atoms with Gasteiger partial charge in [0, 0.05) is 18.7 Å². The Labute approximate surface area is 115 Å². The van der Waals surface area contributed by atoms with Crippen molar-refractivity contribution in [3.63, 3.8) is 0 Å². The quantitative estimate of drug-likeness (QED) is 0.795. The zero-order valence-corrected chi connectivity index (χ0v) is 11.8. The van der Waals surface area contributed by atoms with E-state index in [0.29, 0.717) is 5.56 Å². The molecule has 0 spiro atoms. The monoisotopic (exact) mass is 345 g/mol. The molecular formula is C13H16INO2. The molecule has 0 radical (unpaired) electrons. The van der Waals surface area contributed by atoms with Crippen LogP contribution in [0.3, 0.4) is 0 Å². The van der Waals surface area contributed by atoms with Crippen molar-refractivity contribution in [2.45, 2.75) is 25.7 Å². The molecule has 0 aliphatic carbocycles. The zero-order valence-electron chi connectivity index (χ0n) is 9.66. The molecule has 3 nitrogen and oxygen atoms in total. The number of phenolic OH excluding ortho intramolecular Hbond substituents is 1. The van der Waals surface area contributed by atoms with E-state index in [2.05, 4.69) is 22.6 Å². The van der Waals surface area contributed by atoms with E-state index in [0.717, 1.165) is 29.5 Å². The van der Waals surface area contributed by atoms with Crippen molar-refractivity contribution in [1.82, 2.24) is 4.90 Å². The van der Waals surface area contributed by atoms with Gasteiger partial charge in [0.25, 0.3) is 5.91 Å². The van der Waals surface area contributed by atoms with E-state index in [-0.39, 0.29) is 11.7 Å². The lowest BCUT2D eigenvalue weighted by Gasteiger charge is -2.20. The Morgan fingerprint density at radius 3 is 2.41 bits per heavy atom. The fourth-order valence-corrected chi connectivity index (χ4v) is 2.44. The lowest BCUT2D eigenvalue weighted by atomic mass is 10.2. The van der Waals surface area contributed by atoms with Crippen LogP contribution in [0.5, 0.6) is 5.75 Å². The van der Waals surface area contributed by atoms with E-state index in [1.807, 2.05) is 4.90 Å². The van der Waals surface area contributed by atoms with Crippen molar-refractivity contribution < 1.29 is 9.90 Å². The molecule has 1 aliphatic rings. The standard InChI is InChI=1S/C13H16INO2/c14-11-6-5-10(9-12(11)16)13(17)15-7-3-1-2-4-8-15/h5-6,9,16H,1-4,7-8H2. The first-order valence-electron chi connectivity index (χ1n) is 5.96. The Kier molecular flexibility index (Phi) is 4.25. The zero-order chi connectivity index (χ0) is 12.3. The normalized spacial score (nSPS) is 16.6. The number of rotatable bonds is 1. The Balaban J connectivity index is 2.14. The molecule has 17 heavy (non-hydrogen) atoms. The molecule has 0 atom stereocenters. The molecule has 0 aromatic heterocycles. The highest BCUT2D eigenvalue weighted by Crippen LogP contribution is 2.22. The number of hydrogen-bond acceptors (Lipinski definition) is 2. The third kappa shape index (κ3) is 3.12. The van der Waals surface area contributed by atoms with E-state index >= 15 is 0 Å². The molecule has 1 aromatic carbocycles. The maximum absolute atomic E-state index is 12.2. The van der Waals surface area contributed by atoms with Gasteiger partial charge in [-0.1, -0.05) is 12.8 Å². The lowest BCUT2D eigenvalue weighted by molar-refractivity contribution is 0.0761. The van der Waals surface area contributed by atoms with Gasteiger partial charge in [-0.15, -0.1) is 0 Å². The number of benzene rings is 1. The van der Waals surface area contributed by atoms with E-state index < -0.39 is 0 Å². The van der Waals surface area contributed by atoms with E-state index in [1.165, 1.54) is 12.8 Å². The van der Waals surface area contributed by atoms with Crippen LogP contribution >= 0.6 is 22.6 Å². The van der Waals surface area contributed by atoms with Crippen LogP contribution in [0.4, 0.5) is 0 Å². The minimum absolute atomic E-state index is 0.0404. The van der Waals surface area contributed by atoms with Gasteiger partial charge in [-0.25, -0.2) is 0 Å². The van der Waals surface area contributed by atoms with E-state index in [9.17, 15) is 9.90 Å². The first-order valence-corrected chi connectivity index (χ1v) is 7.04. The Hall–Kier alpha value is -0.780. The molecule has 1 fully saturated rings. The number of carbonyl (C=O) groups is 1. The Bertz CT molecular complexity index is 412. The molecule has 1 aromatic rings. The molecule has 92 valence electrons. The van der Waals surface area contributed by atoms with Gasteiger partial charge in [-0.3, -0.25) is 4.79 Å². The van der Waals surface area contributed by atoms with Crippen molar-refractivity contribution in [3.05, 3.63) is 27.3 Å². The third-order valence-electron chi connectivity index (χ3n) is 3.09. The van der Waals surface area contributed by atoms with E-state index in [4.69, 9.17) is 0 Å². The van der Waals surface area contributed by atoms with Crippen LogP contribution in [0.1, 0.15) is 36.0 Å². The molecule has 1 aliphatic heterocycles. The van der Waals surface area contributed by atoms with Crippen molar-refractivity contribution in [3.8, 4) is 5.75 Å². The predicted molar refractivity (Wildman–Crippen MR) is 75.2 cm³/mol. The average molecular weight is 345 g/mol. The second kappa shape index (κ2) is 5.71. The number of hydrogen-bond donors (Lipinski definition) is 1. The highest BCUT2D eigenvalue weighted by atomic mass is 127. The highest BCUT2D eigenvalue weighted by molar-refractivity contribution is 14.1. The van der Waals surface area contributed by atoms with Crippen LogP contribution in [0.15, 0.2) is 18.2 Å². The van der Waals surface area contributed by atoms with Crippen LogP contribution < -0.4 is 0 Å². The lowest BCUT2D eigenvalue weighted by Crippen LogP contribution is -2.31. The molecule has 2 rings (SSSR count). The fraction of sp³-hybridized carbons (Fsp3) is 0.462. The fourth-order valence-electron chi connectivity index (χ4n) is 2.10. The number of likely N-dealkylation sites (tertiary alicyclic amines) is 1. The maximum atomic E-state index is 12.2. The summed E-state index contributed by atoms with van der Waals surface area (Å²) < 4.78 is 0.773. The number of halogens is 1. The van der Waals surface area contributed by atoms with Gasteiger partial charge < -0.3 is 10.0 Å². The summed E-state index contributed by atoms with van der Waals surface area (Å²) in [6, 6.07) is 5.13. The Morgan fingerprint density at radius 1 is 1.18 bits per heavy atom. The maximum Gasteiger partial charge on any atom is 0.253 e. The summed E-state index contributed by atoms with van der Waals surface area (Å²) in [5.41, 5.74) is 0.588. The van der Waals surface area contributed by atoms with Crippen molar-refractivity contribution in [1.29, 1.82) is 0 Å². The van der Waals surface area contributed by atoms with Crippen molar-refractivity contribution in [2.75, 3.05) is 13.1 Å². The van der Waals surface area contributed by atoms with Gasteiger partial charge in [-0.2, -0.15) is 0 Å². The summed E-state index contributed by atoms with van der Waals surface area (Å²) in [6.45, 7) is 1.68. The Morgan fingerprint density at radius 2 is 1.82 bits per heavy atom. The second-order valence-electron chi connectivity index (χ2n) is 4.37. The van der Waals surface area contributed by atoms with Crippen LogP contribution in [-0.4, -0.2) is 29.0 Å². The second-order valence-corrected chi connectivity index (χ2v) is 5.53. The number of carbonyl (C=O) groups excluding carboxylic acids is 1. The molecule has 4 heteroatoms. The van der Waals surface area contributed by atoms with Crippen LogP contribution in [0.25, 0.3) is 0 Å². The smallest absolute Gasteiger partial charge is 0.253 e. The highest BCUT2D eigenvalue weighted by Gasteiger charge is 2.17. The van der Waals surface area contributed by atoms with Gasteiger partial charge in [0.1, 0.15) is 5.75 Å². The average Bonchev–Trinajstić information content (AvgIpc) is 2.60. The summed E-state index contributed by atoms with van der Waals surface area (Å²) in [7, 11) is 0. The molecular weight excluding hydrogens is 329 g/mol. The minimum Gasteiger partial charge on any atom is -0.507 e. The van der Waals surface area contributed by atoms with Crippen LogP contribution in [0, 0.1) is 3.57 Å². The molecule has 1 amide bonds. The summed E-state index contributed by atoms with van der Waals surface area (Å²) in [5.74, 6) is 0.227. The largest absolute Gasteiger partial charge is 0.507 e. The van der Waals surface area contributed by atoms with Crippen LogP contribution in [-0.2, 0) is 0 Å². The SMILES string of the molecule is O=C(c1ccc(I)c(O)c1)N1CCCCCC1. The first-order chi connectivity index (χ1) is 8.18. The summed E-state index contributed by atoms with van der Waals surface area (Å²) in [5, 5.41) is 9.62. The summed E-state index contributed by atoms with van der Waals surface area (Å²) >= 11 is 2.05. The number of phenols is 1. The molecule has 0 bridgehead atoms. The van der Waals surface area contributed by atoms with Gasteiger partial charge in [0.15, 0.2) is 0 Å². The number of aromatic hydroxyl groups is 1. The third-order valence-corrected chi connectivity index (χ3v) is 4.00. The van der Waals surface area contributed by atoms with E-state index in [1.54, 1.807) is 18.2 Å².